The maximum Gasteiger partial charge on any atom is 0.111 e. The molecular weight excluding hydrogens is 168 g/mol. The van der Waals surface area contributed by atoms with Crippen LogP contribution in [-0.2, 0) is 0 Å². The summed E-state index contributed by atoms with van der Waals surface area (Å²) in [7, 11) is 0. The summed E-state index contributed by atoms with van der Waals surface area (Å²) in [6.07, 6.45) is 3.91. The number of hydrogen-bond donors (Lipinski definition) is 0. The highest BCUT2D eigenvalue weighted by atomic mass is 16.7. The highest BCUT2D eigenvalue weighted by molar-refractivity contribution is 4.98. The predicted octanol–water partition coefficient (Wildman–Crippen LogP) is 2.65. The lowest BCUT2D eigenvalue weighted by Gasteiger charge is -2.13. The van der Waals surface area contributed by atoms with Crippen LogP contribution < -0.4 is 0 Å². The van der Waals surface area contributed by atoms with E-state index in [0.29, 0.717) is 12.0 Å². The van der Waals surface area contributed by atoms with E-state index in [2.05, 4.69) is 37.2 Å². The molecule has 1 rings (SSSR count). The lowest BCUT2D eigenvalue weighted by Crippen LogP contribution is -2.06. The Hall–Kier alpha value is -1.19. The van der Waals surface area contributed by atoms with Gasteiger partial charge in [0.25, 0.3) is 0 Å². The van der Waals surface area contributed by atoms with E-state index in [1.807, 2.05) is 12.4 Å². The number of nitrogens with zero attached hydrogens (tertiary/aromatic N) is 2. The summed E-state index contributed by atoms with van der Waals surface area (Å²) in [4.78, 5) is 18.3. The molecule has 1 aromatic heterocycles. The maximum absolute atomic E-state index is 7.00. The van der Waals surface area contributed by atoms with E-state index in [1.165, 1.54) is 5.82 Å². The first-order chi connectivity index (χ1) is 6.13. The Balaban J connectivity index is 0.000000671. The molecule has 13 heavy (non-hydrogen) atoms. The van der Waals surface area contributed by atoms with E-state index >= 15 is 0 Å². The summed E-state index contributed by atoms with van der Waals surface area (Å²) in [6.45, 7) is 8.68. The molecule has 0 saturated carbocycles. The summed E-state index contributed by atoms with van der Waals surface area (Å²) < 4.78 is 2.21. The molecule has 0 bridgehead atoms. The van der Waals surface area contributed by atoms with Crippen molar-refractivity contribution in [3.8, 4) is 0 Å². The van der Waals surface area contributed by atoms with Gasteiger partial charge in [0.2, 0.25) is 0 Å². The third-order valence-electron chi connectivity index (χ3n) is 1.77. The van der Waals surface area contributed by atoms with Crippen molar-refractivity contribution in [3.63, 3.8) is 0 Å². The quantitative estimate of drug-likeness (QED) is 0.710. The molecule has 0 atom stereocenters. The van der Waals surface area contributed by atoms with Crippen molar-refractivity contribution in [1.82, 2.24) is 9.55 Å². The second-order valence-corrected chi connectivity index (χ2v) is 3.44. The fourth-order valence-electron chi connectivity index (χ4n) is 1.21. The monoisotopic (exact) mass is 184 g/mol. The highest BCUT2D eigenvalue weighted by Gasteiger charge is 2.08. The Labute approximate surface area is 78.2 Å². The summed E-state index contributed by atoms with van der Waals surface area (Å²) in [5, 5.41) is 0. The minimum absolute atomic E-state index is 0.521. The van der Waals surface area contributed by atoms with Gasteiger partial charge in [-0.1, -0.05) is 13.8 Å². The molecule has 0 aliphatic carbocycles. The van der Waals surface area contributed by atoms with Gasteiger partial charge in [0.1, 0.15) is 5.82 Å². The molecule has 0 aliphatic heterocycles. The van der Waals surface area contributed by atoms with Gasteiger partial charge in [-0.2, -0.15) is 0 Å². The van der Waals surface area contributed by atoms with Crippen molar-refractivity contribution in [2.45, 2.75) is 39.7 Å². The molecule has 0 aromatic carbocycles. The molecule has 1 aromatic rings. The van der Waals surface area contributed by atoms with Gasteiger partial charge in [-0.15, -0.1) is 0 Å². The van der Waals surface area contributed by atoms with Gasteiger partial charge >= 0.3 is 0 Å². The molecule has 1 heterocycles. The first-order valence-corrected chi connectivity index (χ1v) is 4.32. The molecule has 0 fully saturated rings. The summed E-state index contributed by atoms with van der Waals surface area (Å²) >= 11 is 0. The Morgan fingerprint density at radius 2 is 1.77 bits per heavy atom. The lowest BCUT2D eigenvalue weighted by molar-refractivity contribution is 0.550. The number of rotatable bonds is 2. The van der Waals surface area contributed by atoms with Gasteiger partial charge in [0, 0.05) is 34.3 Å². The smallest absolute Gasteiger partial charge is 0.111 e. The van der Waals surface area contributed by atoms with Crippen molar-refractivity contribution < 1.29 is 0 Å². The molecule has 0 saturated heterocycles. The van der Waals surface area contributed by atoms with Crippen LogP contribution in [-0.4, -0.2) is 9.55 Å². The SMILES string of the molecule is CC(C)c1nccn1C(C)C.O=O. The zero-order chi connectivity index (χ0) is 10.4. The molecule has 4 nitrogen and oxygen atoms in total. The highest BCUT2D eigenvalue weighted by Crippen LogP contribution is 2.15. The second kappa shape index (κ2) is 5.45. The number of hydrogen-bond acceptors (Lipinski definition) is 3. The van der Waals surface area contributed by atoms with Crippen LogP contribution in [0.4, 0.5) is 0 Å². The van der Waals surface area contributed by atoms with Gasteiger partial charge in [0.15, 0.2) is 0 Å². The van der Waals surface area contributed by atoms with Crippen LogP contribution in [0.1, 0.15) is 45.5 Å². The van der Waals surface area contributed by atoms with Crippen LogP contribution >= 0.6 is 0 Å². The van der Waals surface area contributed by atoms with Gasteiger partial charge in [-0.3, -0.25) is 0 Å². The number of aromatic nitrogens is 2. The largest absolute Gasteiger partial charge is 0.332 e. The fourth-order valence-corrected chi connectivity index (χ4v) is 1.21. The minimum atomic E-state index is 0.521. The maximum atomic E-state index is 7.00. The Kier molecular flexibility index (Phi) is 4.96. The van der Waals surface area contributed by atoms with Crippen LogP contribution in [0, 0.1) is 9.93 Å². The van der Waals surface area contributed by atoms with Crippen LogP contribution in [0.25, 0.3) is 0 Å². The van der Waals surface area contributed by atoms with Crippen LogP contribution in [0.2, 0.25) is 0 Å². The predicted molar refractivity (Wildman–Crippen MR) is 53.4 cm³/mol. The van der Waals surface area contributed by atoms with Crippen molar-refractivity contribution in [1.29, 1.82) is 0 Å². The molecule has 0 N–H and O–H groups in total. The minimum Gasteiger partial charge on any atom is -0.332 e. The van der Waals surface area contributed by atoms with E-state index in [4.69, 9.17) is 9.93 Å². The average Bonchev–Trinajstić information content (AvgIpc) is 2.55. The molecule has 0 aliphatic rings. The summed E-state index contributed by atoms with van der Waals surface area (Å²) in [6, 6.07) is 0.523. The molecule has 74 valence electrons. The van der Waals surface area contributed by atoms with Crippen LogP contribution in [0.3, 0.4) is 0 Å². The zero-order valence-corrected chi connectivity index (χ0v) is 8.52. The normalized spacial score (nSPS) is 10.0. The topological polar surface area (TPSA) is 52.0 Å². The van der Waals surface area contributed by atoms with Crippen LogP contribution in [0.15, 0.2) is 12.4 Å². The first kappa shape index (κ1) is 11.8. The molecule has 4 heteroatoms. The van der Waals surface area contributed by atoms with Gasteiger partial charge in [-0.25, -0.2) is 4.98 Å². The zero-order valence-electron chi connectivity index (χ0n) is 8.52. The standard InChI is InChI=1S/C9H16N2.O2/c1-7(2)9-10-5-6-11(9)8(3)4;1-2/h5-8H,1-4H3;. The van der Waals surface area contributed by atoms with E-state index in [0.717, 1.165) is 0 Å². The van der Waals surface area contributed by atoms with Crippen molar-refractivity contribution in [2.24, 2.45) is 0 Å². The summed E-state index contributed by atoms with van der Waals surface area (Å²) in [5.74, 6) is 1.70. The van der Waals surface area contributed by atoms with Gasteiger partial charge < -0.3 is 4.57 Å². The fraction of sp³-hybridized carbons (Fsp3) is 0.667. The third kappa shape index (κ3) is 2.97. The molecule has 0 amide bonds. The molecular formula is C9H16N2O2. The van der Waals surface area contributed by atoms with E-state index < -0.39 is 0 Å². The Bertz CT molecular complexity index is 221. The third-order valence-corrected chi connectivity index (χ3v) is 1.77. The summed E-state index contributed by atoms with van der Waals surface area (Å²) in [5.41, 5.74) is 0. The molecule has 0 radical (unpaired) electrons. The number of imidazole rings is 1. The molecule has 0 spiro atoms. The Morgan fingerprint density at radius 3 is 2.08 bits per heavy atom. The molecule has 0 unspecified atom stereocenters. The first-order valence-electron chi connectivity index (χ1n) is 4.32. The average molecular weight is 184 g/mol. The van der Waals surface area contributed by atoms with Crippen molar-refractivity contribution in [3.05, 3.63) is 28.1 Å². The van der Waals surface area contributed by atoms with Gasteiger partial charge in [0.05, 0.1) is 0 Å². The van der Waals surface area contributed by atoms with Crippen molar-refractivity contribution in [2.75, 3.05) is 0 Å². The van der Waals surface area contributed by atoms with E-state index in [-0.39, 0.29) is 0 Å². The Morgan fingerprint density at radius 1 is 1.23 bits per heavy atom. The second-order valence-electron chi connectivity index (χ2n) is 3.44. The van der Waals surface area contributed by atoms with E-state index in [1.54, 1.807) is 0 Å². The van der Waals surface area contributed by atoms with Crippen LogP contribution in [0.5, 0.6) is 0 Å². The van der Waals surface area contributed by atoms with Crippen molar-refractivity contribution >= 4 is 0 Å². The van der Waals surface area contributed by atoms with Gasteiger partial charge in [-0.05, 0) is 13.8 Å². The van der Waals surface area contributed by atoms with E-state index in [9.17, 15) is 0 Å². The lowest BCUT2D eigenvalue weighted by atomic mass is 10.2.